The van der Waals surface area contributed by atoms with Crippen molar-refractivity contribution in [2.45, 2.75) is 32.3 Å². The molecule has 0 saturated carbocycles. The predicted octanol–water partition coefficient (Wildman–Crippen LogP) is 5.94. The fourth-order valence-corrected chi connectivity index (χ4v) is 3.92. The predicted molar refractivity (Wildman–Crippen MR) is 124 cm³/mol. The molecule has 0 spiro atoms. The van der Waals surface area contributed by atoms with Crippen LogP contribution in [0.1, 0.15) is 47.3 Å². The number of cyclic esters (lactones) is 1. The number of nitrogens with one attached hydrogen (secondary N) is 1. The molecule has 3 aromatic carbocycles. The lowest BCUT2D eigenvalue weighted by Crippen LogP contribution is -2.33. The zero-order chi connectivity index (χ0) is 24.5. The third-order valence-electron chi connectivity index (χ3n) is 5.58. The van der Waals surface area contributed by atoms with Crippen molar-refractivity contribution in [2.24, 2.45) is 0 Å². The van der Waals surface area contributed by atoms with Crippen LogP contribution in [0.4, 0.5) is 9.18 Å². The maximum absolute atomic E-state index is 14.3. The molecule has 1 N–H and O–H groups in total. The second kappa shape index (κ2) is 9.27. The van der Waals surface area contributed by atoms with Gasteiger partial charge in [0, 0.05) is 16.1 Å². The summed E-state index contributed by atoms with van der Waals surface area (Å²) in [4.78, 5) is 36.6. The lowest BCUT2D eigenvalue weighted by molar-refractivity contribution is -0.130. The molecule has 8 heteroatoms. The quantitative estimate of drug-likeness (QED) is 0.422. The second-order valence-corrected chi connectivity index (χ2v) is 8.47. The van der Waals surface area contributed by atoms with Crippen LogP contribution in [0, 0.1) is 5.82 Å². The van der Waals surface area contributed by atoms with Crippen molar-refractivity contribution in [3.8, 4) is 11.5 Å². The molecular formula is C26H21ClFNO5. The Kier molecular flexibility index (Phi) is 6.39. The Morgan fingerprint density at radius 1 is 1.12 bits per heavy atom. The van der Waals surface area contributed by atoms with Gasteiger partial charge in [-0.25, -0.2) is 9.18 Å². The number of hydrogen-bond acceptors (Lipinski definition) is 5. The van der Waals surface area contributed by atoms with Crippen LogP contribution in [0.3, 0.4) is 0 Å². The van der Waals surface area contributed by atoms with Crippen LogP contribution in [-0.4, -0.2) is 17.8 Å². The molecule has 0 unspecified atom stereocenters. The molecule has 3 aromatic rings. The number of amides is 2. The Morgan fingerprint density at radius 2 is 1.91 bits per heavy atom. The number of alkyl carbamates (subject to hydrolysis) is 1. The Hall–Kier alpha value is -3.71. The highest BCUT2D eigenvalue weighted by Crippen LogP contribution is 2.34. The fraction of sp³-hybridized carbons (Fsp3) is 0.192. The van der Waals surface area contributed by atoms with Crippen LogP contribution in [0.5, 0.6) is 11.5 Å². The van der Waals surface area contributed by atoms with Crippen molar-refractivity contribution in [1.29, 1.82) is 0 Å². The fourth-order valence-electron chi connectivity index (χ4n) is 3.76. The molecule has 0 radical (unpaired) electrons. The summed E-state index contributed by atoms with van der Waals surface area (Å²) in [5, 5.41) is 2.34. The van der Waals surface area contributed by atoms with E-state index in [1.165, 1.54) is 19.1 Å². The van der Waals surface area contributed by atoms with Gasteiger partial charge in [0.1, 0.15) is 17.3 Å². The van der Waals surface area contributed by atoms with Crippen molar-refractivity contribution in [3.63, 3.8) is 0 Å². The van der Waals surface area contributed by atoms with E-state index >= 15 is 0 Å². The second-order valence-electron chi connectivity index (χ2n) is 8.03. The Morgan fingerprint density at radius 3 is 2.59 bits per heavy atom. The van der Waals surface area contributed by atoms with Crippen LogP contribution in [0.15, 0.2) is 60.7 Å². The third-order valence-corrected chi connectivity index (χ3v) is 5.81. The summed E-state index contributed by atoms with van der Waals surface area (Å²) in [5.74, 6) is -0.753. The number of carbonyl (C=O) groups excluding carboxylic acids is 3. The molecule has 0 aromatic heterocycles. The van der Waals surface area contributed by atoms with Gasteiger partial charge in [-0.05, 0) is 67.4 Å². The van der Waals surface area contributed by atoms with Gasteiger partial charge < -0.3 is 9.47 Å². The zero-order valence-corrected chi connectivity index (χ0v) is 19.2. The minimum atomic E-state index is -1.46. The highest BCUT2D eigenvalue weighted by molar-refractivity contribution is 6.30. The van der Waals surface area contributed by atoms with E-state index in [0.29, 0.717) is 29.0 Å². The van der Waals surface area contributed by atoms with Gasteiger partial charge in [0.25, 0.3) is 5.91 Å². The molecule has 1 aliphatic rings. The highest BCUT2D eigenvalue weighted by atomic mass is 35.5. The Bertz CT molecular complexity index is 1310. The van der Waals surface area contributed by atoms with Gasteiger partial charge in [-0.3, -0.25) is 14.9 Å². The van der Waals surface area contributed by atoms with Crippen LogP contribution in [0.2, 0.25) is 5.02 Å². The van der Waals surface area contributed by atoms with Gasteiger partial charge in [-0.1, -0.05) is 37.1 Å². The van der Waals surface area contributed by atoms with Crippen molar-refractivity contribution in [1.82, 2.24) is 5.32 Å². The summed E-state index contributed by atoms with van der Waals surface area (Å²) in [5.41, 5.74) is 0.0280. The van der Waals surface area contributed by atoms with Crippen molar-refractivity contribution < 1.29 is 28.2 Å². The van der Waals surface area contributed by atoms with Gasteiger partial charge in [0.05, 0.1) is 5.56 Å². The molecule has 174 valence electrons. The summed E-state index contributed by atoms with van der Waals surface area (Å²) >= 11 is 5.79. The van der Waals surface area contributed by atoms with Crippen molar-refractivity contribution in [2.75, 3.05) is 0 Å². The summed E-state index contributed by atoms with van der Waals surface area (Å²) in [7, 11) is 0. The number of ether oxygens (including phenoxy) is 2. The molecule has 1 saturated heterocycles. The zero-order valence-electron chi connectivity index (χ0n) is 18.5. The van der Waals surface area contributed by atoms with E-state index in [-0.39, 0.29) is 10.6 Å². The third kappa shape index (κ3) is 4.52. The molecular weight excluding hydrogens is 461 g/mol. The molecule has 1 aliphatic heterocycles. The lowest BCUT2D eigenvalue weighted by Gasteiger charge is -2.20. The normalized spacial score (nSPS) is 17.3. The van der Waals surface area contributed by atoms with Gasteiger partial charge in [0.2, 0.25) is 5.60 Å². The van der Waals surface area contributed by atoms with Crippen LogP contribution in [-0.2, 0) is 21.6 Å². The first-order valence-electron chi connectivity index (χ1n) is 10.7. The van der Waals surface area contributed by atoms with Crippen LogP contribution in [0.25, 0.3) is 0 Å². The Balaban J connectivity index is 1.63. The topological polar surface area (TPSA) is 81.7 Å². The number of carbonyl (C=O) groups is 3. The first-order chi connectivity index (χ1) is 16.2. The molecule has 1 atom stereocenters. The van der Waals surface area contributed by atoms with Crippen molar-refractivity contribution in [3.05, 3.63) is 93.8 Å². The average Bonchev–Trinajstić information content (AvgIpc) is 3.07. The first-order valence-corrected chi connectivity index (χ1v) is 11.0. The van der Waals surface area contributed by atoms with E-state index in [4.69, 9.17) is 21.1 Å². The average molecular weight is 482 g/mol. The smallest absolute Gasteiger partial charge is 0.415 e. The van der Waals surface area contributed by atoms with Crippen LogP contribution < -0.4 is 10.1 Å². The lowest BCUT2D eigenvalue weighted by atomic mass is 9.95. The monoisotopic (exact) mass is 481 g/mol. The van der Waals surface area contributed by atoms with E-state index in [9.17, 15) is 18.8 Å². The van der Waals surface area contributed by atoms with Gasteiger partial charge in [-0.15, -0.1) is 0 Å². The minimum absolute atomic E-state index is 0.0640. The highest BCUT2D eigenvalue weighted by Gasteiger charge is 2.46. The number of imide groups is 1. The summed E-state index contributed by atoms with van der Waals surface area (Å²) in [6, 6.07) is 15.5. The standard InChI is InChI=1S/C26H21ClFNO5/c1-3-5-15-12-16(23(30)20-10-9-18(27)14-21(20)28)8-11-22(15)33-19-7-4-6-17(13-19)26(2)24(31)29-25(32)34-26/h4,6-14H,3,5H2,1-2H3,(H,29,31,32)/t26-/m1/s1. The van der Waals surface area contributed by atoms with Crippen molar-refractivity contribution >= 4 is 29.4 Å². The molecule has 1 heterocycles. The maximum atomic E-state index is 14.3. The molecule has 6 nitrogen and oxygen atoms in total. The van der Waals surface area contributed by atoms with E-state index in [2.05, 4.69) is 5.32 Å². The Labute approximate surface area is 200 Å². The van der Waals surface area contributed by atoms with E-state index < -0.39 is 29.2 Å². The van der Waals surface area contributed by atoms with E-state index in [0.717, 1.165) is 18.1 Å². The summed E-state index contributed by atoms with van der Waals surface area (Å²) in [6.07, 6.45) is 0.607. The van der Waals surface area contributed by atoms with Gasteiger partial charge >= 0.3 is 6.09 Å². The summed E-state index contributed by atoms with van der Waals surface area (Å²) in [6.45, 7) is 3.50. The van der Waals surface area contributed by atoms with E-state index in [1.54, 1.807) is 42.5 Å². The molecule has 2 amide bonds. The van der Waals surface area contributed by atoms with E-state index in [1.807, 2.05) is 6.92 Å². The molecule has 0 bridgehead atoms. The molecule has 4 rings (SSSR count). The number of ketones is 1. The molecule has 34 heavy (non-hydrogen) atoms. The van der Waals surface area contributed by atoms with Crippen LogP contribution >= 0.6 is 11.6 Å². The number of aryl methyl sites for hydroxylation is 1. The number of benzene rings is 3. The molecule has 0 aliphatic carbocycles. The minimum Gasteiger partial charge on any atom is -0.457 e. The van der Waals surface area contributed by atoms with Gasteiger partial charge in [-0.2, -0.15) is 0 Å². The number of hydrogen-bond donors (Lipinski definition) is 1. The largest absolute Gasteiger partial charge is 0.457 e. The summed E-state index contributed by atoms with van der Waals surface area (Å²) < 4.78 is 25.5. The number of rotatable bonds is 7. The SMILES string of the molecule is CCCc1cc(C(=O)c2ccc(Cl)cc2F)ccc1Oc1cccc([C@@]2(C)OC(=O)NC2=O)c1. The molecule has 1 fully saturated rings. The maximum Gasteiger partial charge on any atom is 0.415 e. The first kappa shape index (κ1) is 23.4. The van der Waals surface area contributed by atoms with Gasteiger partial charge in [0.15, 0.2) is 5.78 Å². The number of halogens is 2.